The van der Waals surface area contributed by atoms with Crippen LogP contribution in [0.4, 0.5) is 5.82 Å². The van der Waals surface area contributed by atoms with Crippen LogP contribution in [0.3, 0.4) is 0 Å². The number of rotatable bonds is 8. The Bertz CT molecular complexity index is 876. The Labute approximate surface area is 177 Å². The van der Waals surface area contributed by atoms with E-state index < -0.39 is 0 Å². The summed E-state index contributed by atoms with van der Waals surface area (Å²) >= 11 is 0. The number of methoxy groups -OCH3 is 2. The molecule has 2 aromatic rings. The number of amides is 1. The third kappa shape index (κ3) is 4.68. The lowest BCUT2D eigenvalue weighted by Crippen LogP contribution is -2.39. The Morgan fingerprint density at radius 3 is 2.77 bits per heavy atom. The highest BCUT2D eigenvalue weighted by Crippen LogP contribution is 2.30. The van der Waals surface area contributed by atoms with Gasteiger partial charge in [0, 0.05) is 56.9 Å². The highest BCUT2D eigenvalue weighted by atomic mass is 16.5. The molecule has 0 radical (unpaired) electrons. The zero-order chi connectivity index (χ0) is 20.9. The van der Waals surface area contributed by atoms with Crippen LogP contribution >= 0.6 is 0 Å². The smallest absolute Gasteiger partial charge is 0.248 e. The van der Waals surface area contributed by atoms with Crippen molar-refractivity contribution in [3.63, 3.8) is 0 Å². The van der Waals surface area contributed by atoms with Crippen molar-refractivity contribution in [2.45, 2.75) is 38.3 Å². The van der Waals surface area contributed by atoms with Gasteiger partial charge in [0.25, 0.3) is 0 Å². The van der Waals surface area contributed by atoms with E-state index >= 15 is 0 Å². The van der Waals surface area contributed by atoms with Gasteiger partial charge < -0.3 is 24.0 Å². The van der Waals surface area contributed by atoms with Crippen molar-refractivity contribution in [1.82, 2.24) is 9.88 Å². The first-order chi connectivity index (χ1) is 14.7. The molecular weight excluding hydrogens is 382 g/mol. The predicted molar refractivity (Wildman–Crippen MR) is 116 cm³/mol. The normalized spacial score (nSPS) is 18.9. The van der Waals surface area contributed by atoms with Crippen LogP contribution in [0, 0.1) is 0 Å². The summed E-state index contributed by atoms with van der Waals surface area (Å²) in [4.78, 5) is 22.0. The predicted octanol–water partition coefficient (Wildman–Crippen LogP) is 3.00. The molecule has 0 aliphatic carbocycles. The molecule has 1 amide bonds. The molecule has 7 nitrogen and oxygen atoms in total. The van der Waals surface area contributed by atoms with Gasteiger partial charge in [-0.3, -0.25) is 4.79 Å². The number of benzene rings is 1. The molecule has 2 aliphatic heterocycles. The maximum atomic E-state index is 12.8. The van der Waals surface area contributed by atoms with Crippen LogP contribution in [0.1, 0.15) is 31.2 Å². The molecule has 0 N–H and O–H groups in total. The van der Waals surface area contributed by atoms with Gasteiger partial charge in [0.1, 0.15) is 18.2 Å². The minimum absolute atomic E-state index is 0.0183. The molecule has 1 aromatic heterocycles. The van der Waals surface area contributed by atoms with Crippen molar-refractivity contribution < 1.29 is 19.0 Å². The number of carbonyl (C=O) groups is 1. The van der Waals surface area contributed by atoms with Crippen LogP contribution in [0.2, 0.25) is 0 Å². The van der Waals surface area contributed by atoms with Crippen molar-refractivity contribution in [3.8, 4) is 5.75 Å². The number of hydrogen-bond donors (Lipinski definition) is 0. The first-order valence-corrected chi connectivity index (χ1v) is 10.8. The van der Waals surface area contributed by atoms with Gasteiger partial charge in [-0.25, -0.2) is 4.98 Å². The highest BCUT2D eigenvalue weighted by Gasteiger charge is 2.25. The second kappa shape index (κ2) is 9.62. The first kappa shape index (κ1) is 20.9. The van der Waals surface area contributed by atoms with Crippen LogP contribution in [-0.4, -0.2) is 69.0 Å². The first-order valence-electron chi connectivity index (χ1n) is 10.8. The fraction of sp³-hybridized carbons (Fsp3) is 0.565. The average Bonchev–Trinajstić information content (AvgIpc) is 3.47. The minimum Gasteiger partial charge on any atom is -0.497 e. The molecule has 0 bridgehead atoms. The summed E-state index contributed by atoms with van der Waals surface area (Å²) in [5.74, 6) is 1.75. The number of anilines is 1. The van der Waals surface area contributed by atoms with Crippen molar-refractivity contribution in [3.05, 3.63) is 29.8 Å². The Morgan fingerprint density at radius 1 is 1.23 bits per heavy atom. The number of pyridine rings is 1. The summed E-state index contributed by atoms with van der Waals surface area (Å²) in [5, 5.41) is 1.05. The van der Waals surface area contributed by atoms with Gasteiger partial charge in [0.15, 0.2) is 0 Å². The molecule has 0 unspecified atom stereocenters. The number of carbonyl (C=O) groups excluding carboxylic acids is 1. The van der Waals surface area contributed by atoms with Crippen LogP contribution in [0.15, 0.2) is 24.3 Å². The highest BCUT2D eigenvalue weighted by molar-refractivity contribution is 5.84. The van der Waals surface area contributed by atoms with Crippen LogP contribution in [0.25, 0.3) is 10.9 Å². The molecule has 2 saturated heterocycles. The Kier molecular flexibility index (Phi) is 6.69. The summed E-state index contributed by atoms with van der Waals surface area (Å²) in [5.41, 5.74) is 1.98. The van der Waals surface area contributed by atoms with Gasteiger partial charge in [-0.05, 0) is 43.9 Å². The molecule has 1 atom stereocenters. The molecule has 4 rings (SSSR count). The summed E-state index contributed by atoms with van der Waals surface area (Å²) in [7, 11) is 3.23. The van der Waals surface area contributed by atoms with Gasteiger partial charge in [-0.2, -0.15) is 0 Å². The van der Waals surface area contributed by atoms with Crippen LogP contribution < -0.4 is 9.64 Å². The number of fused-ring (bicyclic) bond motifs is 1. The van der Waals surface area contributed by atoms with E-state index in [1.807, 2.05) is 23.1 Å². The topological polar surface area (TPSA) is 64.1 Å². The van der Waals surface area contributed by atoms with Crippen LogP contribution in [-0.2, 0) is 20.8 Å². The second-order valence-electron chi connectivity index (χ2n) is 8.07. The second-order valence-corrected chi connectivity index (χ2v) is 8.07. The lowest BCUT2D eigenvalue weighted by molar-refractivity contribution is -0.137. The quantitative estimate of drug-likeness (QED) is 0.663. The van der Waals surface area contributed by atoms with Crippen LogP contribution in [0.5, 0.6) is 5.75 Å². The van der Waals surface area contributed by atoms with E-state index in [0.29, 0.717) is 13.1 Å². The fourth-order valence-corrected chi connectivity index (χ4v) is 4.34. The molecule has 0 spiro atoms. The Morgan fingerprint density at radius 2 is 2.07 bits per heavy atom. The molecule has 1 aromatic carbocycles. The van der Waals surface area contributed by atoms with E-state index in [1.165, 1.54) is 12.8 Å². The maximum Gasteiger partial charge on any atom is 0.248 e. The largest absolute Gasteiger partial charge is 0.497 e. The van der Waals surface area contributed by atoms with Gasteiger partial charge in [-0.15, -0.1) is 0 Å². The molecule has 3 heterocycles. The SMILES string of the molecule is COCC(=O)N(Cc1cc2ccc(OC)cc2nc1N1CCCC1)C[C@@H]1CCCO1. The maximum absolute atomic E-state index is 12.8. The lowest BCUT2D eigenvalue weighted by atomic mass is 10.1. The number of hydrogen-bond acceptors (Lipinski definition) is 6. The molecule has 2 aliphatic rings. The summed E-state index contributed by atoms with van der Waals surface area (Å²) in [6.07, 6.45) is 4.47. The molecule has 7 heteroatoms. The minimum atomic E-state index is -0.0183. The Hall–Kier alpha value is -2.38. The van der Waals surface area contributed by atoms with Crippen molar-refractivity contribution in [2.75, 3.05) is 52.0 Å². The van der Waals surface area contributed by atoms with Crippen molar-refractivity contribution in [1.29, 1.82) is 0 Å². The Balaban J connectivity index is 1.68. The number of nitrogens with zero attached hydrogens (tertiary/aromatic N) is 3. The summed E-state index contributed by atoms with van der Waals surface area (Å²) < 4.78 is 16.3. The van der Waals surface area contributed by atoms with Gasteiger partial charge in [0.2, 0.25) is 5.91 Å². The van der Waals surface area contributed by atoms with E-state index in [1.54, 1.807) is 14.2 Å². The van der Waals surface area contributed by atoms with Gasteiger partial charge in [0.05, 0.1) is 18.7 Å². The standard InChI is InChI=1S/C23H31N3O4/c1-28-16-22(27)26(15-20-6-5-11-30-20)14-18-12-17-7-8-19(29-2)13-21(17)24-23(18)25-9-3-4-10-25/h7-8,12-13,20H,3-6,9-11,14-16H2,1-2H3/t20-/m0/s1. The van der Waals surface area contributed by atoms with E-state index in [-0.39, 0.29) is 18.6 Å². The molecule has 2 fully saturated rings. The zero-order valence-electron chi connectivity index (χ0n) is 17.9. The monoisotopic (exact) mass is 413 g/mol. The number of aromatic nitrogens is 1. The summed E-state index contributed by atoms with van der Waals surface area (Å²) in [6, 6.07) is 8.11. The van der Waals surface area contributed by atoms with Gasteiger partial charge >= 0.3 is 0 Å². The van der Waals surface area contributed by atoms with E-state index in [0.717, 1.165) is 60.6 Å². The molecular formula is C23H31N3O4. The van der Waals surface area contributed by atoms with E-state index in [9.17, 15) is 4.79 Å². The van der Waals surface area contributed by atoms with E-state index in [4.69, 9.17) is 19.2 Å². The third-order valence-electron chi connectivity index (χ3n) is 5.92. The van der Waals surface area contributed by atoms with E-state index in [2.05, 4.69) is 11.0 Å². The van der Waals surface area contributed by atoms with Crippen molar-refractivity contribution >= 4 is 22.6 Å². The third-order valence-corrected chi connectivity index (χ3v) is 5.92. The molecule has 0 saturated carbocycles. The summed E-state index contributed by atoms with van der Waals surface area (Å²) in [6.45, 7) is 3.92. The zero-order valence-corrected chi connectivity index (χ0v) is 17.9. The van der Waals surface area contributed by atoms with Crippen molar-refractivity contribution in [2.24, 2.45) is 0 Å². The molecule has 162 valence electrons. The number of ether oxygens (including phenoxy) is 3. The lowest BCUT2D eigenvalue weighted by Gasteiger charge is -2.28. The average molecular weight is 414 g/mol. The van der Waals surface area contributed by atoms with Gasteiger partial charge in [-0.1, -0.05) is 0 Å². The molecule has 30 heavy (non-hydrogen) atoms. The fourth-order valence-electron chi connectivity index (χ4n) is 4.34.